The Kier molecular flexibility index (Phi) is 2.61. The smallest absolute Gasteiger partial charge is 0.124 e. The van der Waals surface area contributed by atoms with Crippen LogP contribution in [0.4, 0.5) is 0 Å². The van der Waals surface area contributed by atoms with Gasteiger partial charge in [0.1, 0.15) is 5.65 Å². The SMILES string of the molecule is [Ir].[c-]1cccc2c1c1nc3ccccc3n1c1ccnn21. The summed E-state index contributed by atoms with van der Waals surface area (Å²) in [5.74, 6) is 0. The normalized spacial score (nSPS) is 11.4. The molecular weight excluding hydrogens is 440 g/mol. The van der Waals surface area contributed by atoms with Gasteiger partial charge in [-0.25, -0.2) is 0 Å². The fraction of sp³-hybridized carbons (Fsp3) is 0. The van der Waals surface area contributed by atoms with E-state index in [1.807, 2.05) is 53.2 Å². The molecule has 0 bridgehead atoms. The molecule has 103 valence electrons. The van der Waals surface area contributed by atoms with Crippen LogP contribution < -0.4 is 0 Å². The third-order valence-electron chi connectivity index (χ3n) is 3.70. The fourth-order valence-electron chi connectivity index (χ4n) is 2.86. The summed E-state index contributed by atoms with van der Waals surface area (Å²) in [6, 6.07) is 19.4. The van der Waals surface area contributed by atoms with E-state index in [1.54, 1.807) is 0 Å². The Morgan fingerprint density at radius 3 is 2.76 bits per heavy atom. The van der Waals surface area contributed by atoms with E-state index in [-0.39, 0.29) is 20.1 Å². The summed E-state index contributed by atoms with van der Waals surface area (Å²) in [6.07, 6.45) is 1.82. The van der Waals surface area contributed by atoms with Crippen molar-refractivity contribution in [1.82, 2.24) is 19.0 Å². The van der Waals surface area contributed by atoms with Gasteiger partial charge in [-0.15, -0.1) is 24.3 Å². The third-order valence-corrected chi connectivity index (χ3v) is 3.70. The molecule has 1 radical (unpaired) electrons. The van der Waals surface area contributed by atoms with Crippen LogP contribution in [-0.4, -0.2) is 19.0 Å². The van der Waals surface area contributed by atoms with Crippen molar-refractivity contribution in [1.29, 1.82) is 0 Å². The van der Waals surface area contributed by atoms with E-state index in [1.165, 1.54) is 0 Å². The molecule has 0 amide bonds. The van der Waals surface area contributed by atoms with Gasteiger partial charge in [0.15, 0.2) is 0 Å². The van der Waals surface area contributed by atoms with Crippen molar-refractivity contribution in [3.05, 3.63) is 60.8 Å². The Morgan fingerprint density at radius 2 is 1.81 bits per heavy atom. The number of rotatable bonds is 0. The first-order chi connectivity index (χ1) is 9.93. The molecule has 0 unspecified atom stereocenters. The van der Waals surface area contributed by atoms with Crippen LogP contribution >= 0.6 is 0 Å². The second kappa shape index (κ2) is 4.38. The molecule has 0 N–H and O–H groups in total. The first kappa shape index (κ1) is 12.5. The predicted octanol–water partition coefficient (Wildman–Crippen LogP) is 3.09. The van der Waals surface area contributed by atoms with Gasteiger partial charge in [-0.05, 0) is 23.7 Å². The number of nitrogens with zero attached hydrogens (tertiary/aromatic N) is 4. The first-order valence-electron chi connectivity index (χ1n) is 6.47. The maximum absolute atomic E-state index is 4.76. The van der Waals surface area contributed by atoms with E-state index in [0.29, 0.717) is 0 Å². The summed E-state index contributed by atoms with van der Waals surface area (Å²) in [7, 11) is 0. The number of benzene rings is 2. The van der Waals surface area contributed by atoms with E-state index in [9.17, 15) is 0 Å². The zero-order valence-corrected chi connectivity index (χ0v) is 13.2. The maximum Gasteiger partial charge on any atom is 0.124 e. The van der Waals surface area contributed by atoms with Crippen molar-refractivity contribution < 1.29 is 20.1 Å². The van der Waals surface area contributed by atoms with Gasteiger partial charge in [-0.2, -0.15) is 5.10 Å². The Labute approximate surface area is 133 Å². The van der Waals surface area contributed by atoms with Gasteiger partial charge in [0.2, 0.25) is 0 Å². The van der Waals surface area contributed by atoms with E-state index < -0.39 is 0 Å². The first-order valence-corrected chi connectivity index (χ1v) is 6.47. The third kappa shape index (κ3) is 1.53. The summed E-state index contributed by atoms with van der Waals surface area (Å²) >= 11 is 0. The topological polar surface area (TPSA) is 34.6 Å². The minimum Gasteiger partial charge on any atom is -0.318 e. The van der Waals surface area contributed by atoms with Crippen LogP contribution in [0.25, 0.3) is 33.2 Å². The summed E-state index contributed by atoms with van der Waals surface area (Å²) in [5.41, 5.74) is 5.04. The Hall–Kier alpha value is -2.23. The molecule has 21 heavy (non-hydrogen) atoms. The summed E-state index contributed by atoms with van der Waals surface area (Å²) in [6.45, 7) is 0. The number of hydrogen-bond donors (Lipinski definition) is 0. The molecule has 0 fully saturated rings. The van der Waals surface area contributed by atoms with Crippen LogP contribution in [0.1, 0.15) is 0 Å². The number of hydrogen-bond acceptors (Lipinski definition) is 2. The van der Waals surface area contributed by atoms with Crippen LogP contribution in [-0.2, 0) is 20.1 Å². The zero-order chi connectivity index (χ0) is 13.1. The molecule has 0 aliphatic rings. The number of fused-ring (bicyclic) bond motifs is 8. The van der Waals surface area contributed by atoms with Gasteiger partial charge in [0.25, 0.3) is 0 Å². The van der Waals surface area contributed by atoms with Crippen molar-refractivity contribution in [3.63, 3.8) is 0 Å². The molecule has 0 aliphatic heterocycles. The standard InChI is InChI=1S/C16H9N4.Ir/c1-3-7-13-11(5-1)16-18-12-6-2-4-8-14(12)19(16)15-9-10-17-20(13)15;/h1-4,6-10H;/q-1;. The predicted molar refractivity (Wildman–Crippen MR) is 77.8 cm³/mol. The van der Waals surface area contributed by atoms with E-state index in [4.69, 9.17) is 4.98 Å². The molecule has 5 heteroatoms. The number of imidazole rings is 1. The van der Waals surface area contributed by atoms with Crippen molar-refractivity contribution in [2.75, 3.05) is 0 Å². The van der Waals surface area contributed by atoms with Gasteiger partial charge in [0.05, 0.1) is 22.9 Å². The molecular formula is C16H9IrN4-. The molecule has 0 saturated carbocycles. The second-order valence-electron chi connectivity index (χ2n) is 4.79. The van der Waals surface area contributed by atoms with Crippen LogP contribution in [0.15, 0.2) is 54.7 Å². The van der Waals surface area contributed by atoms with Crippen LogP contribution in [0, 0.1) is 6.07 Å². The molecule has 3 heterocycles. The van der Waals surface area contributed by atoms with Crippen LogP contribution in [0.3, 0.4) is 0 Å². The molecule has 5 rings (SSSR count). The molecule has 0 atom stereocenters. The van der Waals surface area contributed by atoms with E-state index in [0.717, 1.165) is 33.2 Å². The Morgan fingerprint density at radius 1 is 0.952 bits per heavy atom. The van der Waals surface area contributed by atoms with Crippen LogP contribution in [0.2, 0.25) is 0 Å². The van der Waals surface area contributed by atoms with Crippen molar-refractivity contribution in [2.45, 2.75) is 0 Å². The summed E-state index contributed by atoms with van der Waals surface area (Å²) in [4.78, 5) is 4.76. The largest absolute Gasteiger partial charge is 0.318 e. The molecule has 0 spiro atoms. The Balaban J connectivity index is 0.00000115. The molecule has 0 aliphatic carbocycles. The Bertz CT molecular complexity index is 1110. The molecule has 3 aromatic heterocycles. The quantitative estimate of drug-likeness (QED) is 0.341. The molecule has 2 aromatic carbocycles. The molecule has 5 aromatic rings. The summed E-state index contributed by atoms with van der Waals surface area (Å²) < 4.78 is 4.08. The maximum atomic E-state index is 4.76. The minimum atomic E-state index is 0. The number of aromatic nitrogens is 4. The molecule has 0 saturated heterocycles. The average molecular weight is 449 g/mol. The van der Waals surface area contributed by atoms with E-state index in [2.05, 4.69) is 21.6 Å². The minimum absolute atomic E-state index is 0. The van der Waals surface area contributed by atoms with Crippen molar-refractivity contribution in [2.24, 2.45) is 0 Å². The monoisotopic (exact) mass is 450 g/mol. The van der Waals surface area contributed by atoms with Gasteiger partial charge in [-0.1, -0.05) is 17.5 Å². The fourth-order valence-corrected chi connectivity index (χ4v) is 2.86. The van der Waals surface area contributed by atoms with Crippen molar-refractivity contribution >= 4 is 33.2 Å². The van der Waals surface area contributed by atoms with E-state index >= 15 is 0 Å². The van der Waals surface area contributed by atoms with Crippen molar-refractivity contribution in [3.8, 4) is 0 Å². The number of para-hydroxylation sites is 2. The van der Waals surface area contributed by atoms with Gasteiger partial charge < -0.3 is 4.40 Å². The van der Waals surface area contributed by atoms with Gasteiger partial charge in [0, 0.05) is 20.1 Å². The summed E-state index contributed by atoms with van der Waals surface area (Å²) in [5, 5.41) is 5.42. The molecule has 4 nitrogen and oxygen atoms in total. The zero-order valence-electron chi connectivity index (χ0n) is 10.8. The van der Waals surface area contributed by atoms with Gasteiger partial charge >= 0.3 is 0 Å². The van der Waals surface area contributed by atoms with Gasteiger partial charge in [-0.3, -0.25) is 9.50 Å². The second-order valence-corrected chi connectivity index (χ2v) is 4.79. The van der Waals surface area contributed by atoms with Crippen LogP contribution in [0.5, 0.6) is 0 Å². The average Bonchev–Trinajstić information content (AvgIpc) is 3.11.